The van der Waals surface area contributed by atoms with Crippen molar-refractivity contribution in [3.63, 3.8) is 0 Å². The van der Waals surface area contributed by atoms with Gasteiger partial charge in [0.1, 0.15) is 5.82 Å². The van der Waals surface area contributed by atoms with Gasteiger partial charge in [-0.2, -0.15) is 15.1 Å². The van der Waals surface area contributed by atoms with Gasteiger partial charge in [0.15, 0.2) is 5.65 Å². The fraction of sp³-hybridized carbons (Fsp3) is 0.312. The van der Waals surface area contributed by atoms with Gasteiger partial charge in [-0.15, -0.1) is 0 Å². The fourth-order valence-corrected chi connectivity index (χ4v) is 3.38. The molecule has 0 fully saturated rings. The summed E-state index contributed by atoms with van der Waals surface area (Å²) in [6.07, 6.45) is 4.09. The van der Waals surface area contributed by atoms with E-state index in [1.807, 2.05) is 0 Å². The van der Waals surface area contributed by atoms with Crippen molar-refractivity contribution in [3.05, 3.63) is 41.6 Å². The number of nitrogens with two attached hydrogens (primary N) is 1. The Kier molecular flexibility index (Phi) is 2.96. The van der Waals surface area contributed by atoms with Gasteiger partial charge in [0.2, 0.25) is 5.95 Å². The van der Waals surface area contributed by atoms with Crippen molar-refractivity contribution in [3.8, 4) is 0 Å². The zero-order valence-electron chi connectivity index (χ0n) is 12.5. The molecule has 0 aliphatic heterocycles. The first-order valence-corrected chi connectivity index (χ1v) is 7.48. The molecule has 0 amide bonds. The number of aromatic nitrogens is 4. The van der Waals surface area contributed by atoms with E-state index in [1.165, 1.54) is 17.5 Å². The molecular weight excluding hydrogens is 276 g/mol. The molecule has 2 heterocycles. The number of aromatic amines is 1. The maximum absolute atomic E-state index is 5.81. The highest BCUT2D eigenvalue weighted by molar-refractivity contribution is 5.87. The quantitative estimate of drug-likeness (QED) is 0.773. The topological polar surface area (TPSA) is 83.7 Å². The predicted molar refractivity (Wildman–Crippen MR) is 86.9 cm³/mol. The smallest absolute Gasteiger partial charge is 0.224 e. The number of aryl methyl sites for hydroxylation is 1. The van der Waals surface area contributed by atoms with Crippen LogP contribution in [0.4, 0.5) is 11.8 Å². The number of H-pyrrole nitrogens is 1. The van der Waals surface area contributed by atoms with Crippen LogP contribution in [0.3, 0.4) is 0 Å². The number of nitrogens with one attached hydrogen (secondary N) is 1. The molecule has 6 heteroatoms. The molecule has 0 bridgehead atoms. The van der Waals surface area contributed by atoms with Gasteiger partial charge in [-0.25, -0.2) is 0 Å². The Morgan fingerprint density at radius 1 is 1.32 bits per heavy atom. The molecule has 1 aromatic carbocycles. The predicted octanol–water partition coefficient (Wildman–Crippen LogP) is 2.10. The highest BCUT2D eigenvalue weighted by Gasteiger charge is 2.24. The summed E-state index contributed by atoms with van der Waals surface area (Å²) in [5.74, 6) is 1.63. The summed E-state index contributed by atoms with van der Waals surface area (Å²) in [6.45, 7) is 0.910. The zero-order chi connectivity index (χ0) is 15.1. The van der Waals surface area contributed by atoms with Crippen LogP contribution in [0.5, 0.6) is 0 Å². The Hall–Kier alpha value is -2.63. The lowest BCUT2D eigenvalue weighted by Gasteiger charge is -2.23. The number of hydrogen-bond acceptors (Lipinski definition) is 5. The van der Waals surface area contributed by atoms with E-state index < -0.39 is 0 Å². The Labute approximate surface area is 128 Å². The lowest BCUT2D eigenvalue weighted by atomic mass is 10.0. The Balaban J connectivity index is 1.65. The monoisotopic (exact) mass is 294 g/mol. The molecule has 1 atom stereocenters. The van der Waals surface area contributed by atoms with Gasteiger partial charge in [0.25, 0.3) is 0 Å². The van der Waals surface area contributed by atoms with Gasteiger partial charge in [-0.3, -0.25) is 5.10 Å². The van der Waals surface area contributed by atoms with E-state index in [9.17, 15) is 0 Å². The van der Waals surface area contributed by atoms with Crippen molar-refractivity contribution < 1.29 is 0 Å². The van der Waals surface area contributed by atoms with Crippen LogP contribution in [0.1, 0.15) is 23.5 Å². The van der Waals surface area contributed by atoms with E-state index >= 15 is 0 Å². The van der Waals surface area contributed by atoms with Crippen LogP contribution in [0, 0.1) is 0 Å². The van der Waals surface area contributed by atoms with E-state index in [0.29, 0.717) is 11.6 Å². The van der Waals surface area contributed by atoms with Crippen molar-refractivity contribution >= 4 is 22.8 Å². The molecule has 1 aliphatic carbocycles. The normalized spacial score (nSPS) is 16.9. The van der Waals surface area contributed by atoms with Crippen molar-refractivity contribution in [2.45, 2.75) is 18.8 Å². The summed E-state index contributed by atoms with van der Waals surface area (Å²) in [6, 6.07) is 8.70. The van der Waals surface area contributed by atoms with Gasteiger partial charge in [0, 0.05) is 19.5 Å². The lowest BCUT2D eigenvalue weighted by molar-refractivity contribution is 0.661. The SMILES string of the molecule is CN(CC1CCc2ccccc21)c1nc(N)nc2[nH]ncc12. The minimum atomic E-state index is 0.269. The number of anilines is 2. The highest BCUT2D eigenvalue weighted by atomic mass is 15.2. The third-order valence-corrected chi connectivity index (χ3v) is 4.42. The maximum Gasteiger partial charge on any atom is 0.224 e. The zero-order valence-corrected chi connectivity index (χ0v) is 12.5. The number of hydrogen-bond donors (Lipinski definition) is 2. The van der Waals surface area contributed by atoms with Crippen LogP contribution in [-0.2, 0) is 6.42 Å². The number of benzene rings is 1. The first-order chi connectivity index (χ1) is 10.7. The minimum Gasteiger partial charge on any atom is -0.368 e. The molecule has 0 spiro atoms. The summed E-state index contributed by atoms with van der Waals surface area (Å²) in [5, 5.41) is 7.81. The molecule has 1 unspecified atom stereocenters. The van der Waals surface area contributed by atoms with Gasteiger partial charge in [-0.05, 0) is 24.0 Å². The average molecular weight is 294 g/mol. The third kappa shape index (κ3) is 2.07. The van der Waals surface area contributed by atoms with Crippen LogP contribution in [0.15, 0.2) is 30.5 Å². The van der Waals surface area contributed by atoms with Gasteiger partial charge < -0.3 is 10.6 Å². The molecule has 1 aliphatic rings. The van der Waals surface area contributed by atoms with E-state index in [-0.39, 0.29) is 5.95 Å². The van der Waals surface area contributed by atoms with E-state index in [0.717, 1.165) is 24.2 Å². The largest absolute Gasteiger partial charge is 0.368 e. The Morgan fingerprint density at radius 3 is 3.09 bits per heavy atom. The van der Waals surface area contributed by atoms with E-state index in [2.05, 4.69) is 56.4 Å². The molecule has 6 nitrogen and oxygen atoms in total. The molecular formula is C16H18N6. The van der Waals surface area contributed by atoms with Crippen LogP contribution < -0.4 is 10.6 Å². The lowest BCUT2D eigenvalue weighted by Crippen LogP contribution is -2.24. The van der Waals surface area contributed by atoms with Crippen molar-refractivity contribution in [1.82, 2.24) is 20.2 Å². The number of likely N-dealkylation sites (N-methyl/N-ethyl adjacent to an activating group) is 1. The summed E-state index contributed by atoms with van der Waals surface area (Å²) in [7, 11) is 2.05. The van der Waals surface area contributed by atoms with E-state index in [1.54, 1.807) is 6.20 Å². The maximum atomic E-state index is 5.81. The molecule has 22 heavy (non-hydrogen) atoms. The fourth-order valence-electron chi connectivity index (χ4n) is 3.38. The van der Waals surface area contributed by atoms with Crippen LogP contribution in [-0.4, -0.2) is 33.8 Å². The molecule has 0 saturated carbocycles. The number of rotatable bonds is 3. The summed E-state index contributed by atoms with van der Waals surface area (Å²) in [4.78, 5) is 10.7. The Bertz CT molecular complexity index is 824. The van der Waals surface area contributed by atoms with Gasteiger partial charge in [-0.1, -0.05) is 24.3 Å². The van der Waals surface area contributed by atoms with Gasteiger partial charge >= 0.3 is 0 Å². The molecule has 3 N–H and O–H groups in total. The minimum absolute atomic E-state index is 0.269. The van der Waals surface area contributed by atoms with Crippen molar-refractivity contribution in [2.24, 2.45) is 0 Å². The first kappa shape index (κ1) is 13.1. The van der Waals surface area contributed by atoms with Crippen molar-refractivity contribution in [2.75, 3.05) is 24.2 Å². The number of nitrogen functional groups attached to an aromatic ring is 1. The number of fused-ring (bicyclic) bond motifs is 2. The molecule has 0 saturated heterocycles. The second-order valence-electron chi connectivity index (χ2n) is 5.85. The summed E-state index contributed by atoms with van der Waals surface area (Å²) < 4.78 is 0. The van der Waals surface area contributed by atoms with Crippen LogP contribution in [0.25, 0.3) is 11.0 Å². The second-order valence-corrected chi connectivity index (χ2v) is 5.85. The van der Waals surface area contributed by atoms with Crippen molar-refractivity contribution in [1.29, 1.82) is 0 Å². The third-order valence-electron chi connectivity index (χ3n) is 4.42. The molecule has 2 aromatic heterocycles. The standard InChI is InChI=1S/C16H18N6/c1-22(9-11-7-6-10-4-2-3-5-12(10)11)15-13-8-18-21-14(13)19-16(17)20-15/h2-5,8,11H,6-7,9H2,1H3,(H3,17,18,19,20,21). The van der Waals surface area contributed by atoms with Crippen LogP contribution >= 0.6 is 0 Å². The number of nitrogens with zero attached hydrogens (tertiary/aromatic N) is 4. The van der Waals surface area contributed by atoms with Gasteiger partial charge in [0.05, 0.1) is 11.6 Å². The molecule has 112 valence electrons. The summed E-state index contributed by atoms with van der Waals surface area (Å²) in [5.41, 5.74) is 9.42. The van der Waals surface area contributed by atoms with E-state index in [4.69, 9.17) is 5.73 Å². The molecule has 3 aromatic rings. The first-order valence-electron chi connectivity index (χ1n) is 7.48. The molecule has 4 rings (SSSR count). The van der Waals surface area contributed by atoms with Crippen LogP contribution in [0.2, 0.25) is 0 Å². The highest BCUT2D eigenvalue weighted by Crippen LogP contribution is 2.34. The Morgan fingerprint density at radius 2 is 2.18 bits per heavy atom. The molecule has 0 radical (unpaired) electrons. The second kappa shape index (κ2) is 4.98. The summed E-state index contributed by atoms with van der Waals surface area (Å²) >= 11 is 0. The average Bonchev–Trinajstić information content (AvgIpc) is 3.13.